The third kappa shape index (κ3) is 4.65. The Morgan fingerprint density at radius 1 is 1.40 bits per heavy atom. The van der Waals surface area contributed by atoms with E-state index in [9.17, 15) is 0 Å². The molecule has 0 saturated carbocycles. The third-order valence-electron chi connectivity index (χ3n) is 3.42. The van der Waals surface area contributed by atoms with Crippen LogP contribution in [0.1, 0.15) is 46.0 Å². The number of nitrogens with two attached hydrogens (primary N) is 1. The first-order chi connectivity index (χ1) is 7.09. The first-order valence-electron chi connectivity index (χ1n) is 6.16. The quantitative estimate of drug-likeness (QED) is 0.416. The second-order valence-electron chi connectivity index (χ2n) is 5.00. The molecule has 3 nitrogen and oxygen atoms in total. The molecule has 88 valence electrons. The van der Waals surface area contributed by atoms with Crippen LogP contribution in [0.4, 0.5) is 0 Å². The summed E-state index contributed by atoms with van der Waals surface area (Å²) in [6.07, 6.45) is 5.69. The van der Waals surface area contributed by atoms with Gasteiger partial charge in [0.2, 0.25) is 0 Å². The summed E-state index contributed by atoms with van der Waals surface area (Å²) in [5.41, 5.74) is 5.33. The number of hydrogen-bond donors (Lipinski definition) is 2. The largest absolute Gasteiger partial charge is 0.388 e. The minimum Gasteiger partial charge on any atom is -0.388 e. The molecule has 1 saturated heterocycles. The molecule has 0 amide bonds. The second kappa shape index (κ2) is 6.11. The predicted octanol–water partition coefficient (Wildman–Crippen LogP) is 2.21. The van der Waals surface area contributed by atoms with E-state index in [0.29, 0.717) is 5.84 Å². The van der Waals surface area contributed by atoms with E-state index in [1.165, 1.54) is 32.4 Å². The molecule has 1 aliphatic heterocycles. The summed E-state index contributed by atoms with van der Waals surface area (Å²) in [5, 5.41) is 7.15. The van der Waals surface area contributed by atoms with E-state index in [1.54, 1.807) is 0 Å². The van der Waals surface area contributed by atoms with Crippen molar-refractivity contribution in [2.45, 2.75) is 52.0 Å². The maximum Gasteiger partial charge on any atom is 0.0905 e. The Hall–Kier alpha value is -0.570. The average molecular weight is 211 g/mol. The van der Waals surface area contributed by atoms with Gasteiger partial charge in [0.25, 0.3) is 0 Å². The van der Waals surface area contributed by atoms with Gasteiger partial charge in [-0.05, 0) is 51.6 Å². The highest BCUT2D eigenvalue weighted by molar-refractivity contribution is 5.76. The zero-order chi connectivity index (χ0) is 11.3. The zero-order valence-corrected chi connectivity index (χ0v) is 10.1. The first-order valence-corrected chi connectivity index (χ1v) is 6.16. The van der Waals surface area contributed by atoms with Crippen LogP contribution in [0, 0.1) is 11.3 Å². The number of amidine groups is 1. The molecule has 15 heavy (non-hydrogen) atoms. The molecule has 0 aromatic heterocycles. The lowest BCUT2D eigenvalue weighted by Crippen LogP contribution is -2.40. The van der Waals surface area contributed by atoms with E-state index in [0.717, 1.165) is 24.8 Å². The summed E-state index contributed by atoms with van der Waals surface area (Å²) in [7, 11) is 0. The van der Waals surface area contributed by atoms with Crippen molar-refractivity contribution in [3.63, 3.8) is 0 Å². The lowest BCUT2D eigenvalue weighted by molar-refractivity contribution is 0.127. The Morgan fingerprint density at radius 3 is 2.73 bits per heavy atom. The fourth-order valence-electron chi connectivity index (χ4n) is 2.42. The van der Waals surface area contributed by atoms with Crippen molar-refractivity contribution >= 4 is 5.84 Å². The Balaban J connectivity index is 2.13. The summed E-state index contributed by atoms with van der Waals surface area (Å²) in [6.45, 7) is 7.12. The SMILES string of the molecule is CC1CCN(CCCCC(=N)N)C(C)C1. The molecule has 0 aromatic rings. The topological polar surface area (TPSA) is 53.1 Å². The highest BCUT2D eigenvalue weighted by atomic mass is 15.2. The van der Waals surface area contributed by atoms with Crippen molar-refractivity contribution in [3.05, 3.63) is 0 Å². The molecule has 0 aliphatic carbocycles. The minimum absolute atomic E-state index is 0.329. The molecule has 2 atom stereocenters. The number of nitrogens with one attached hydrogen (secondary N) is 1. The van der Waals surface area contributed by atoms with Gasteiger partial charge < -0.3 is 10.6 Å². The smallest absolute Gasteiger partial charge is 0.0905 e. The van der Waals surface area contributed by atoms with Crippen molar-refractivity contribution in [1.82, 2.24) is 4.90 Å². The summed E-state index contributed by atoms with van der Waals surface area (Å²) in [6, 6.07) is 0.742. The molecule has 3 N–H and O–H groups in total. The van der Waals surface area contributed by atoms with Crippen LogP contribution in [0.3, 0.4) is 0 Å². The molecule has 1 fully saturated rings. The average Bonchev–Trinajstić information content (AvgIpc) is 2.14. The Kier molecular flexibility index (Phi) is 5.09. The van der Waals surface area contributed by atoms with Crippen molar-refractivity contribution in [1.29, 1.82) is 5.41 Å². The number of unbranched alkanes of at least 4 members (excludes halogenated alkanes) is 1. The molecule has 2 unspecified atom stereocenters. The molecular weight excluding hydrogens is 186 g/mol. The van der Waals surface area contributed by atoms with Gasteiger partial charge in [0.05, 0.1) is 5.84 Å². The monoisotopic (exact) mass is 211 g/mol. The maximum absolute atomic E-state index is 7.15. The van der Waals surface area contributed by atoms with Gasteiger partial charge in [-0.3, -0.25) is 5.41 Å². The van der Waals surface area contributed by atoms with Gasteiger partial charge in [0.1, 0.15) is 0 Å². The fourth-order valence-corrected chi connectivity index (χ4v) is 2.42. The van der Waals surface area contributed by atoms with E-state index in [4.69, 9.17) is 11.1 Å². The van der Waals surface area contributed by atoms with Gasteiger partial charge >= 0.3 is 0 Å². The standard InChI is InChI=1S/C12H25N3/c1-10-6-8-15(11(2)9-10)7-4-3-5-12(13)14/h10-11H,3-9H2,1-2H3,(H3,13,14). The van der Waals surface area contributed by atoms with Crippen LogP contribution in [0.25, 0.3) is 0 Å². The lowest BCUT2D eigenvalue weighted by atomic mass is 9.93. The third-order valence-corrected chi connectivity index (χ3v) is 3.42. The molecule has 0 spiro atoms. The Bertz CT molecular complexity index is 203. The van der Waals surface area contributed by atoms with Crippen LogP contribution in [-0.4, -0.2) is 29.9 Å². The normalized spacial score (nSPS) is 27.9. The van der Waals surface area contributed by atoms with Crippen molar-refractivity contribution in [3.8, 4) is 0 Å². The number of piperidine rings is 1. The van der Waals surface area contributed by atoms with E-state index in [2.05, 4.69) is 18.7 Å². The van der Waals surface area contributed by atoms with Gasteiger partial charge in [0, 0.05) is 12.5 Å². The summed E-state index contributed by atoms with van der Waals surface area (Å²) < 4.78 is 0. The van der Waals surface area contributed by atoms with Crippen LogP contribution >= 0.6 is 0 Å². The predicted molar refractivity (Wildman–Crippen MR) is 65.2 cm³/mol. The highest BCUT2D eigenvalue weighted by Gasteiger charge is 2.21. The molecule has 1 heterocycles. The van der Waals surface area contributed by atoms with Gasteiger partial charge in [-0.1, -0.05) is 6.92 Å². The minimum atomic E-state index is 0.329. The lowest BCUT2D eigenvalue weighted by Gasteiger charge is -2.36. The van der Waals surface area contributed by atoms with E-state index in [-0.39, 0.29) is 0 Å². The van der Waals surface area contributed by atoms with Crippen LogP contribution in [-0.2, 0) is 0 Å². The second-order valence-corrected chi connectivity index (χ2v) is 5.00. The number of nitrogens with zero attached hydrogens (tertiary/aromatic N) is 1. The molecule has 1 rings (SSSR count). The van der Waals surface area contributed by atoms with Crippen molar-refractivity contribution in [2.24, 2.45) is 11.7 Å². The zero-order valence-electron chi connectivity index (χ0n) is 10.1. The van der Waals surface area contributed by atoms with E-state index in [1.807, 2.05) is 0 Å². The molecule has 0 aromatic carbocycles. The van der Waals surface area contributed by atoms with Gasteiger partial charge in [-0.25, -0.2) is 0 Å². The van der Waals surface area contributed by atoms with E-state index >= 15 is 0 Å². The van der Waals surface area contributed by atoms with Gasteiger partial charge in [0.15, 0.2) is 0 Å². The van der Waals surface area contributed by atoms with Crippen LogP contribution in [0.2, 0.25) is 0 Å². The van der Waals surface area contributed by atoms with Crippen LogP contribution in [0.5, 0.6) is 0 Å². The molecule has 3 heteroatoms. The number of likely N-dealkylation sites (tertiary alicyclic amines) is 1. The fraction of sp³-hybridized carbons (Fsp3) is 0.917. The van der Waals surface area contributed by atoms with Crippen LogP contribution in [0.15, 0.2) is 0 Å². The summed E-state index contributed by atoms with van der Waals surface area (Å²) in [5.74, 6) is 1.23. The first kappa shape index (κ1) is 12.5. The van der Waals surface area contributed by atoms with Gasteiger partial charge in [-0.15, -0.1) is 0 Å². The van der Waals surface area contributed by atoms with Crippen molar-refractivity contribution < 1.29 is 0 Å². The Labute approximate surface area is 93.5 Å². The Morgan fingerprint density at radius 2 is 2.13 bits per heavy atom. The van der Waals surface area contributed by atoms with Gasteiger partial charge in [-0.2, -0.15) is 0 Å². The molecule has 0 bridgehead atoms. The molecule has 1 aliphatic rings. The number of hydrogen-bond acceptors (Lipinski definition) is 2. The molecule has 0 radical (unpaired) electrons. The van der Waals surface area contributed by atoms with Crippen LogP contribution < -0.4 is 5.73 Å². The van der Waals surface area contributed by atoms with E-state index < -0.39 is 0 Å². The highest BCUT2D eigenvalue weighted by Crippen LogP contribution is 2.22. The number of rotatable bonds is 5. The summed E-state index contributed by atoms with van der Waals surface area (Å²) >= 11 is 0. The summed E-state index contributed by atoms with van der Waals surface area (Å²) in [4.78, 5) is 2.58. The van der Waals surface area contributed by atoms with Crippen molar-refractivity contribution in [2.75, 3.05) is 13.1 Å². The maximum atomic E-state index is 7.15. The molecular formula is C12H25N3.